The molecule has 0 aliphatic rings. The van der Waals surface area contributed by atoms with E-state index in [1.54, 1.807) is 12.1 Å². The van der Waals surface area contributed by atoms with Crippen LogP contribution in [0.3, 0.4) is 0 Å². The molecule has 2 heterocycles. The predicted octanol–water partition coefficient (Wildman–Crippen LogP) is 3.48. The molecule has 0 aromatic carbocycles. The summed E-state index contributed by atoms with van der Waals surface area (Å²) >= 11 is 6.47. The topological polar surface area (TPSA) is 46.5 Å². The van der Waals surface area contributed by atoms with Gasteiger partial charge in [-0.15, -0.1) is 0 Å². The summed E-state index contributed by atoms with van der Waals surface area (Å²) in [5.41, 5.74) is 0.639. The first-order valence-electron chi connectivity index (χ1n) is 3.84. The highest BCUT2D eigenvalue weighted by molar-refractivity contribution is 9.10. The number of furan rings is 2. The van der Waals surface area contributed by atoms with Gasteiger partial charge in [-0.3, -0.25) is 0 Å². The SMILES string of the molecule is OC(c1ccoc1Br)c1occc1Br. The van der Waals surface area contributed by atoms with E-state index in [9.17, 15) is 5.11 Å². The third-order valence-corrected chi connectivity index (χ3v) is 3.13. The van der Waals surface area contributed by atoms with Crippen molar-refractivity contribution in [3.8, 4) is 0 Å². The summed E-state index contributed by atoms with van der Waals surface area (Å²) in [6.07, 6.45) is 2.18. The van der Waals surface area contributed by atoms with Gasteiger partial charge >= 0.3 is 0 Å². The lowest BCUT2D eigenvalue weighted by Gasteiger charge is -2.05. The second-order valence-electron chi connectivity index (χ2n) is 2.68. The molecule has 0 spiro atoms. The van der Waals surface area contributed by atoms with E-state index in [-0.39, 0.29) is 0 Å². The summed E-state index contributed by atoms with van der Waals surface area (Å²) in [5, 5.41) is 9.92. The molecule has 0 fully saturated rings. The van der Waals surface area contributed by atoms with Gasteiger partial charge in [-0.05, 0) is 44.0 Å². The smallest absolute Gasteiger partial charge is 0.175 e. The Morgan fingerprint density at radius 2 is 1.86 bits per heavy atom. The van der Waals surface area contributed by atoms with Crippen molar-refractivity contribution in [2.75, 3.05) is 0 Å². The predicted molar refractivity (Wildman–Crippen MR) is 56.9 cm³/mol. The fraction of sp³-hybridized carbons (Fsp3) is 0.111. The van der Waals surface area contributed by atoms with E-state index in [0.717, 1.165) is 4.47 Å². The minimum atomic E-state index is -0.826. The van der Waals surface area contributed by atoms with E-state index >= 15 is 0 Å². The summed E-state index contributed by atoms with van der Waals surface area (Å²) in [6.45, 7) is 0. The third-order valence-electron chi connectivity index (χ3n) is 1.83. The first-order valence-corrected chi connectivity index (χ1v) is 5.42. The van der Waals surface area contributed by atoms with E-state index in [2.05, 4.69) is 31.9 Å². The molecule has 0 radical (unpaired) electrons. The molecule has 1 N–H and O–H groups in total. The van der Waals surface area contributed by atoms with Gasteiger partial charge in [0.15, 0.2) is 10.4 Å². The van der Waals surface area contributed by atoms with Crippen LogP contribution in [0.15, 0.2) is 42.6 Å². The van der Waals surface area contributed by atoms with Crippen molar-refractivity contribution in [3.63, 3.8) is 0 Å². The van der Waals surface area contributed by atoms with Crippen LogP contribution >= 0.6 is 31.9 Å². The van der Waals surface area contributed by atoms with Crippen LogP contribution in [-0.2, 0) is 0 Å². The van der Waals surface area contributed by atoms with Gasteiger partial charge in [0, 0.05) is 5.56 Å². The van der Waals surface area contributed by atoms with Crippen LogP contribution in [-0.4, -0.2) is 5.11 Å². The zero-order valence-electron chi connectivity index (χ0n) is 6.91. The van der Waals surface area contributed by atoms with Crippen molar-refractivity contribution in [2.24, 2.45) is 0 Å². The highest BCUT2D eigenvalue weighted by Gasteiger charge is 2.20. The van der Waals surface area contributed by atoms with Crippen LogP contribution in [0.25, 0.3) is 0 Å². The molecule has 0 bridgehead atoms. The fourth-order valence-electron chi connectivity index (χ4n) is 1.14. The highest BCUT2D eigenvalue weighted by atomic mass is 79.9. The van der Waals surface area contributed by atoms with Crippen LogP contribution in [0.1, 0.15) is 17.4 Å². The number of hydrogen-bond donors (Lipinski definition) is 1. The molecule has 3 nitrogen and oxygen atoms in total. The Balaban J connectivity index is 2.38. The summed E-state index contributed by atoms with van der Waals surface area (Å²) in [6, 6.07) is 3.41. The monoisotopic (exact) mass is 320 g/mol. The van der Waals surface area contributed by atoms with E-state index in [0.29, 0.717) is 16.0 Å². The molecule has 2 rings (SSSR count). The van der Waals surface area contributed by atoms with Crippen LogP contribution in [0.4, 0.5) is 0 Å². The second-order valence-corrected chi connectivity index (χ2v) is 4.26. The van der Waals surface area contributed by atoms with Gasteiger partial charge in [-0.25, -0.2) is 0 Å². The van der Waals surface area contributed by atoms with Gasteiger partial charge in [0.25, 0.3) is 0 Å². The molecule has 5 heteroatoms. The zero-order chi connectivity index (χ0) is 10.1. The molecule has 1 unspecified atom stereocenters. The van der Waals surface area contributed by atoms with Crippen molar-refractivity contribution in [1.29, 1.82) is 0 Å². The Kier molecular flexibility index (Phi) is 2.80. The lowest BCUT2D eigenvalue weighted by Crippen LogP contribution is -1.97. The molecule has 0 aliphatic heterocycles. The van der Waals surface area contributed by atoms with E-state index in [1.165, 1.54) is 12.5 Å². The van der Waals surface area contributed by atoms with Crippen molar-refractivity contribution < 1.29 is 13.9 Å². The number of aliphatic hydroxyl groups is 1. The van der Waals surface area contributed by atoms with Gasteiger partial charge in [0.1, 0.15) is 6.10 Å². The van der Waals surface area contributed by atoms with Crippen molar-refractivity contribution in [2.45, 2.75) is 6.10 Å². The van der Waals surface area contributed by atoms with E-state index < -0.39 is 6.10 Å². The normalized spacial score (nSPS) is 13.1. The Morgan fingerprint density at radius 3 is 2.36 bits per heavy atom. The molecule has 74 valence electrons. The van der Waals surface area contributed by atoms with Gasteiger partial charge in [0.2, 0.25) is 0 Å². The second kappa shape index (κ2) is 3.92. The lowest BCUT2D eigenvalue weighted by molar-refractivity contribution is 0.186. The molecule has 14 heavy (non-hydrogen) atoms. The average molecular weight is 322 g/mol. The first kappa shape index (κ1) is 10.0. The quantitative estimate of drug-likeness (QED) is 0.921. The minimum Gasteiger partial charge on any atom is -0.465 e. The first-order chi connectivity index (χ1) is 6.70. The average Bonchev–Trinajstić information content (AvgIpc) is 2.73. The minimum absolute atomic E-state index is 0.465. The molecule has 1 atom stereocenters. The van der Waals surface area contributed by atoms with Crippen LogP contribution in [0.5, 0.6) is 0 Å². The standard InChI is InChI=1S/C9H6Br2O3/c10-6-2-4-13-8(6)7(12)5-1-3-14-9(5)11/h1-4,7,12H. The van der Waals surface area contributed by atoms with E-state index in [4.69, 9.17) is 8.83 Å². The maximum atomic E-state index is 9.92. The van der Waals surface area contributed by atoms with Gasteiger partial charge in [-0.2, -0.15) is 0 Å². The number of hydrogen-bond acceptors (Lipinski definition) is 3. The van der Waals surface area contributed by atoms with Crippen LogP contribution in [0, 0.1) is 0 Å². The number of aliphatic hydroxyl groups excluding tert-OH is 1. The van der Waals surface area contributed by atoms with Gasteiger partial charge in [-0.1, -0.05) is 0 Å². The molecule has 0 amide bonds. The molecular formula is C9H6Br2O3. The molecule has 0 aliphatic carbocycles. The van der Waals surface area contributed by atoms with Gasteiger partial charge in [0.05, 0.1) is 17.0 Å². The Hall–Kier alpha value is -0.520. The summed E-state index contributed by atoms with van der Waals surface area (Å²) < 4.78 is 11.4. The summed E-state index contributed by atoms with van der Waals surface area (Å²) in [5.74, 6) is 0.465. The molecule has 2 aromatic rings. The van der Waals surface area contributed by atoms with Crippen molar-refractivity contribution in [1.82, 2.24) is 0 Å². The van der Waals surface area contributed by atoms with Crippen LogP contribution in [0.2, 0.25) is 0 Å². The Bertz CT molecular complexity index is 392. The molecular weight excluding hydrogens is 316 g/mol. The Labute approximate surface area is 97.0 Å². The molecule has 0 saturated carbocycles. The van der Waals surface area contributed by atoms with E-state index in [1.807, 2.05) is 0 Å². The van der Waals surface area contributed by atoms with Crippen molar-refractivity contribution >= 4 is 31.9 Å². The molecule has 0 saturated heterocycles. The zero-order valence-corrected chi connectivity index (χ0v) is 10.1. The van der Waals surface area contributed by atoms with Gasteiger partial charge < -0.3 is 13.9 Å². The maximum absolute atomic E-state index is 9.92. The Morgan fingerprint density at radius 1 is 1.14 bits per heavy atom. The van der Waals surface area contributed by atoms with Crippen LogP contribution < -0.4 is 0 Å². The lowest BCUT2D eigenvalue weighted by atomic mass is 10.1. The van der Waals surface area contributed by atoms with Crippen molar-refractivity contribution in [3.05, 3.63) is 45.1 Å². The number of halogens is 2. The fourth-order valence-corrected chi connectivity index (χ4v) is 2.02. The highest BCUT2D eigenvalue weighted by Crippen LogP contribution is 2.33. The summed E-state index contributed by atoms with van der Waals surface area (Å²) in [7, 11) is 0. The maximum Gasteiger partial charge on any atom is 0.175 e. The largest absolute Gasteiger partial charge is 0.465 e. The summed E-state index contributed by atoms with van der Waals surface area (Å²) in [4.78, 5) is 0. The number of rotatable bonds is 2. The third kappa shape index (κ3) is 1.67. The molecule has 2 aromatic heterocycles.